The first-order valence-corrected chi connectivity index (χ1v) is 8.20. The molecule has 0 aromatic rings. The average Bonchev–Trinajstić information content (AvgIpc) is 2.40. The minimum Gasteiger partial charge on any atom is -0.381 e. The van der Waals surface area contributed by atoms with E-state index in [4.69, 9.17) is 4.74 Å². The molecule has 2 heterocycles. The molecule has 0 aromatic heterocycles. The van der Waals surface area contributed by atoms with E-state index >= 15 is 0 Å². The Labute approximate surface area is 126 Å². The maximum Gasteiger partial charge on any atom is 0.401 e. The SMILES string of the molecule is FC(F)(F)CN1CCN(CC2(CBr)CCOCC2)CC1. The van der Waals surface area contributed by atoms with Gasteiger partial charge in [-0.05, 0) is 18.3 Å². The minimum absolute atomic E-state index is 0.227. The molecule has 2 aliphatic rings. The fourth-order valence-electron chi connectivity index (χ4n) is 2.97. The standard InChI is InChI=1S/C13H22BrF3N2O/c14-9-12(1-7-20-8-2-12)10-18-3-5-19(6-4-18)11-13(15,16)17/h1-11H2. The van der Waals surface area contributed by atoms with Crippen LogP contribution >= 0.6 is 15.9 Å². The van der Waals surface area contributed by atoms with Crippen molar-refractivity contribution >= 4 is 15.9 Å². The summed E-state index contributed by atoms with van der Waals surface area (Å²) >= 11 is 3.61. The predicted octanol–water partition coefficient (Wildman–Crippen LogP) is 2.36. The van der Waals surface area contributed by atoms with E-state index in [2.05, 4.69) is 20.8 Å². The summed E-state index contributed by atoms with van der Waals surface area (Å²) in [6, 6.07) is 0. The molecule has 2 fully saturated rings. The van der Waals surface area contributed by atoms with E-state index in [9.17, 15) is 13.2 Å². The van der Waals surface area contributed by atoms with E-state index in [0.717, 1.165) is 51.0 Å². The molecular weight excluding hydrogens is 337 g/mol. The summed E-state index contributed by atoms with van der Waals surface area (Å²) in [6.45, 7) is 4.24. The molecule has 0 aliphatic carbocycles. The summed E-state index contributed by atoms with van der Waals surface area (Å²) in [5.41, 5.74) is 0.227. The summed E-state index contributed by atoms with van der Waals surface area (Å²) in [7, 11) is 0. The highest BCUT2D eigenvalue weighted by molar-refractivity contribution is 9.09. The number of hydrogen-bond donors (Lipinski definition) is 0. The first-order valence-electron chi connectivity index (χ1n) is 7.08. The predicted molar refractivity (Wildman–Crippen MR) is 75.2 cm³/mol. The van der Waals surface area contributed by atoms with Crippen LogP contribution in [0.3, 0.4) is 0 Å². The van der Waals surface area contributed by atoms with Crippen LogP contribution in [0.25, 0.3) is 0 Å². The van der Waals surface area contributed by atoms with Gasteiger partial charge in [-0.2, -0.15) is 13.2 Å². The highest BCUT2D eigenvalue weighted by Crippen LogP contribution is 2.33. The number of piperazine rings is 1. The highest BCUT2D eigenvalue weighted by Gasteiger charge is 2.36. The Bertz CT molecular complexity index is 300. The zero-order chi connectivity index (χ0) is 14.6. The summed E-state index contributed by atoms with van der Waals surface area (Å²) in [6.07, 6.45) is -2.03. The lowest BCUT2D eigenvalue weighted by molar-refractivity contribution is -0.149. The van der Waals surface area contributed by atoms with Gasteiger partial charge >= 0.3 is 6.18 Å². The molecular formula is C13H22BrF3N2O. The Morgan fingerprint density at radius 3 is 2.05 bits per heavy atom. The van der Waals surface area contributed by atoms with Crippen LogP contribution in [0.1, 0.15) is 12.8 Å². The summed E-state index contributed by atoms with van der Waals surface area (Å²) in [4.78, 5) is 3.81. The molecule has 2 rings (SSSR count). The van der Waals surface area contributed by atoms with Gasteiger partial charge in [-0.1, -0.05) is 15.9 Å². The third-order valence-corrected chi connectivity index (χ3v) is 5.45. The molecule has 3 nitrogen and oxygen atoms in total. The van der Waals surface area contributed by atoms with Crippen molar-refractivity contribution in [2.24, 2.45) is 5.41 Å². The van der Waals surface area contributed by atoms with Crippen molar-refractivity contribution in [3.63, 3.8) is 0 Å². The number of hydrogen-bond acceptors (Lipinski definition) is 3. The second kappa shape index (κ2) is 6.94. The van der Waals surface area contributed by atoms with Gasteiger partial charge in [0.25, 0.3) is 0 Å². The Morgan fingerprint density at radius 2 is 1.55 bits per heavy atom. The average molecular weight is 359 g/mol. The van der Waals surface area contributed by atoms with Gasteiger partial charge < -0.3 is 9.64 Å². The smallest absolute Gasteiger partial charge is 0.381 e. The van der Waals surface area contributed by atoms with Crippen molar-refractivity contribution in [2.75, 3.05) is 57.8 Å². The number of halogens is 4. The van der Waals surface area contributed by atoms with Crippen molar-refractivity contribution < 1.29 is 17.9 Å². The van der Waals surface area contributed by atoms with E-state index in [1.54, 1.807) is 0 Å². The number of rotatable bonds is 4. The molecule has 0 N–H and O–H groups in total. The van der Waals surface area contributed by atoms with Gasteiger partial charge in [-0.3, -0.25) is 4.90 Å². The molecule has 0 unspecified atom stereocenters. The molecule has 0 atom stereocenters. The minimum atomic E-state index is -4.08. The van der Waals surface area contributed by atoms with Gasteiger partial charge in [-0.15, -0.1) is 0 Å². The lowest BCUT2D eigenvalue weighted by atomic mass is 9.81. The second-order valence-electron chi connectivity index (χ2n) is 5.91. The van der Waals surface area contributed by atoms with Crippen LogP contribution in [0, 0.1) is 5.41 Å². The fourth-order valence-corrected chi connectivity index (χ4v) is 3.71. The molecule has 0 radical (unpaired) electrons. The van der Waals surface area contributed by atoms with Crippen LogP contribution in [0.2, 0.25) is 0 Å². The Hall–Kier alpha value is 0.150. The van der Waals surface area contributed by atoms with Crippen molar-refractivity contribution in [3.05, 3.63) is 0 Å². The third kappa shape index (κ3) is 4.86. The van der Waals surface area contributed by atoms with Crippen molar-refractivity contribution in [1.82, 2.24) is 9.80 Å². The van der Waals surface area contributed by atoms with Gasteiger partial charge in [0.05, 0.1) is 6.54 Å². The molecule has 7 heteroatoms. The normalized spacial score (nSPS) is 25.8. The van der Waals surface area contributed by atoms with E-state index < -0.39 is 12.7 Å². The van der Waals surface area contributed by atoms with Gasteiger partial charge in [0.2, 0.25) is 0 Å². The molecule has 0 aromatic carbocycles. The van der Waals surface area contributed by atoms with Gasteiger partial charge in [0.1, 0.15) is 0 Å². The van der Waals surface area contributed by atoms with Crippen LogP contribution in [-0.4, -0.2) is 73.8 Å². The zero-order valence-corrected chi connectivity index (χ0v) is 13.2. The summed E-state index contributed by atoms with van der Waals surface area (Å²) in [5, 5.41) is 0.937. The molecule has 0 amide bonds. The second-order valence-corrected chi connectivity index (χ2v) is 6.47. The van der Waals surface area contributed by atoms with Crippen molar-refractivity contribution in [3.8, 4) is 0 Å². The van der Waals surface area contributed by atoms with E-state index in [0.29, 0.717) is 13.1 Å². The molecule has 0 spiro atoms. The molecule has 20 heavy (non-hydrogen) atoms. The van der Waals surface area contributed by atoms with Gasteiger partial charge in [-0.25, -0.2) is 0 Å². The van der Waals surface area contributed by atoms with Crippen LogP contribution in [0.4, 0.5) is 13.2 Å². The molecule has 0 saturated carbocycles. The van der Waals surface area contributed by atoms with E-state index in [1.807, 2.05) is 0 Å². The van der Waals surface area contributed by atoms with Crippen molar-refractivity contribution in [2.45, 2.75) is 19.0 Å². The van der Waals surface area contributed by atoms with Gasteiger partial charge in [0.15, 0.2) is 0 Å². The van der Waals surface area contributed by atoms with Crippen LogP contribution in [0.15, 0.2) is 0 Å². The maximum atomic E-state index is 12.4. The lowest BCUT2D eigenvalue weighted by Gasteiger charge is -2.43. The zero-order valence-electron chi connectivity index (χ0n) is 11.6. The third-order valence-electron chi connectivity index (χ3n) is 4.26. The molecule has 0 bridgehead atoms. The topological polar surface area (TPSA) is 15.7 Å². The van der Waals surface area contributed by atoms with Crippen LogP contribution in [0.5, 0.6) is 0 Å². The number of ether oxygens (including phenoxy) is 1. The van der Waals surface area contributed by atoms with Crippen molar-refractivity contribution in [1.29, 1.82) is 0 Å². The quantitative estimate of drug-likeness (QED) is 0.717. The highest BCUT2D eigenvalue weighted by atomic mass is 79.9. The fraction of sp³-hybridized carbons (Fsp3) is 1.00. The lowest BCUT2D eigenvalue weighted by Crippen LogP contribution is -2.52. The number of alkyl halides is 4. The van der Waals surface area contributed by atoms with Crippen LogP contribution < -0.4 is 0 Å². The molecule has 2 saturated heterocycles. The van der Waals surface area contributed by atoms with E-state index in [-0.39, 0.29) is 5.41 Å². The Balaban J connectivity index is 1.78. The van der Waals surface area contributed by atoms with E-state index in [1.165, 1.54) is 4.90 Å². The first kappa shape index (κ1) is 16.5. The Kier molecular flexibility index (Phi) is 5.73. The molecule has 2 aliphatic heterocycles. The molecule has 118 valence electrons. The first-order chi connectivity index (χ1) is 9.42. The van der Waals surface area contributed by atoms with Gasteiger partial charge in [0, 0.05) is 51.3 Å². The summed E-state index contributed by atoms with van der Waals surface area (Å²) in [5.74, 6) is 0. The largest absolute Gasteiger partial charge is 0.401 e. The Morgan fingerprint density at radius 1 is 1.00 bits per heavy atom. The maximum absolute atomic E-state index is 12.4. The number of nitrogens with zero attached hydrogens (tertiary/aromatic N) is 2. The summed E-state index contributed by atoms with van der Waals surface area (Å²) < 4.78 is 42.5. The van der Waals surface area contributed by atoms with Crippen LogP contribution in [-0.2, 0) is 4.74 Å². The monoisotopic (exact) mass is 358 g/mol.